The second kappa shape index (κ2) is 8.14. The summed E-state index contributed by atoms with van der Waals surface area (Å²) in [6.07, 6.45) is 4.38. The Morgan fingerprint density at radius 2 is 2.00 bits per heavy atom. The van der Waals surface area contributed by atoms with E-state index in [-0.39, 0.29) is 24.0 Å². The van der Waals surface area contributed by atoms with E-state index >= 15 is 0 Å². The fourth-order valence-electron chi connectivity index (χ4n) is 2.67. The van der Waals surface area contributed by atoms with E-state index in [1.807, 2.05) is 13.2 Å². The number of guanidine groups is 1. The molecule has 1 aromatic heterocycles. The summed E-state index contributed by atoms with van der Waals surface area (Å²) < 4.78 is 0. The summed E-state index contributed by atoms with van der Waals surface area (Å²) >= 11 is 0. The lowest BCUT2D eigenvalue weighted by atomic mass is 10.2. The zero-order chi connectivity index (χ0) is 15.5. The van der Waals surface area contributed by atoms with Crippen LogP contribution in [0.15, 0.2) is 23.3 Å². The van der Waals surface area contributed by atoms with E-state index in [4.69, 9.17) is 5.73 Å². The van der Waals surface area contributed by atoms with Crippen LogP contribution in [-0.4, -0.2) is 67.1 Å². The first-order chi connectivity index (χ1) is 10.6. The number of anilines is 1. The molecular weight excluding hydrogens is 403 g/mol. The molecule has 0 aromatic carbocycles. The molecule has 0 radical (unpaired) electrons. The van der Waals surface area contributed by atoms with Crippen molar-refractivity contribution in [3.8, 4) is 0 Å². The third kappa shape index (κ3) is 4.94. The number of pyridine rings is 1. The Morgan fingerprint density at radius 1 is 1.30 bits per heavy atom. The standard InChI is InChI=1S/C16H26N6.HI/c1-20-7-9-22(10-8-20)15-6-3-13(11-18-15)12-19-16(17)21(2)14-4-5-14;/h3,6,11,14H,4-5,7-10,12H2,1-2H3,(H2,17,19);1H. The highest BCUT2D eigenvalue weighted by molar-refractivity contribution is 14.0. The van der Waals surface area contributed by atoms with Crippen LogP contribution >= 0.6 is 24.0 Å². The van der Waals surface area contributed by atoms with Crippen molar-refractivity contribution in [2.75, 3.05) is 45.2 Å². The van der Waals surface area contributed by atoms with Crippen LogP contribution < -0.4 is 10.6 Å². The van der Waals surface area contributed by atoms with Gasteiger partial charge in [-0.05, 0) is 31.5 Å². The molecule has 0 spiro atoms. The average molecular weight is 430 g/mol. The monoisotopic (exact) mass is 430 g/mol. The Labute approximate surface area is 155 Å². The highest BCUT2D eigenvalue weighted by Gasteiger charge is 2.27. The van der Waals surface area contributed by atoms with Crippen molar-refractivity contribution in [2.24, 2.45) is 10.7 Å². The number of halogens is 1. The van der Waals surface area contributed by atoms with E-state index in [0.29, 0.717) is 18.5 Å². The number of hydrogen-bond acceptors (Lipinski definition) is 4. The van der Waals surface area contributed by atoms with Crippen LogP contribution in [0.2, 0.25) is 0 Å². The maximum absolute atomic E-state index is 6.01. The van der Waals surface area contributed by atoms with Crippen molar-refractivity contribution in [1.82, 2.24) is 14.8 Å². The van der Waals surface area contributed by atoms with E-state index in [2.05, 4.69) is 43.9 Å². The quantitative estimate of drug-likeness (QED) is 0.444. The van der Waals surface area contributed by atoms with Gasteiger partial charge in [0, 0.05) is 45.5 Å². The minimum absolute atomic E-state index is 0. The molecule has 1 saturated heterocycles. The molecule has 0 unspecified atom stereocenters. The van der Waals surface area contributed by atoms with Crippen LogP contribution in [0.3, 0.4) is 0 Å². The van der Waals surface area contributed by atoms with E-state index in [0.717, 1.165) is 37.6 Å². The smallest absolute Gasteiger partial charge is 0.191 e. The lowest BCUT2D eigenvalue weighted by Crippen LogP contribution is -2.44. The summed E-state index contributed by atoms with van der Waals surface area (Å²) in [5.41, 5.74) is 7.11. The number of aromatic nitrogens is 1. The van der Waals surface area contributed by atoms with Crippen molar-refractivity contribution < 1.29 is 0 Å². The second-order valence-electron chi connectivity index (χ2n) is 6.33. The highest BCUT2D eigenvalue weighted by atomic mass is 127. The van der Waals surface area contributed by atoms with Gasteiger partial charge < -0.3 is 20.4 Å². The Morgan fingerprint density at radius 3 is 2.57 bits per heavy atom. The molecule has 1 aromatic rings. The van der Waals surface area contributed by atoms with Gasteiger partial charge >= 0.3 is 0 Å². The van der Waals surface area contributed by atoms with Gasteiger partial charge in [-0.3, -0.25) is 0 Å². The van der Waals surface area contributed by atoms with E-state index in [1.165, 1.54) is 12.8 Å². The maximum atomic E-state index is 6.01. The largest absolute Gasteiger partial charge is 0.370 e. The average Bonchev–Trinajstić information content (AvgIpc) is 3.38. The molecule has 3 rings (SSSR count). The normalized spacial score (nSPS) is 19.4. The van der Waals surface area contributed by atoms with Gasteiger partial charge in [-0.25, -0.2) is 9.98 Å². The van der Waals surface area contributed by atoms with Crippen molar-refractivity contribution in [1.29, 1.82) is 0 Å². The van der Waals surface area contributed by atoms with E-state index in [1.54, 1.807) is 0 Å². The molecule has 1 aliphatic heterocycles. The van der Waals surface area contributed by atoms with Crippen molar-refractivity contribution >= 4 is 35.8 Å². The molecule has 7 heteroatoms. The molecule has 0 bridgehead atoms. The molecule has 23 heavy (non-hydrogen) atoms. The van der Waals surface area contributed by atoms with Gasteiger partial charge in [-0.1, -0.05) is 6.07 Å². The van der Waals surface area contributed by atoms with E-state index in [9.17, 15) is 0 Å². The zero-order valence-corrected chi connectivity index (χ0v) is 16.3. The summed E-state index contributed by atoms with van der Waals surface area (Å²) in [5, 5.41) is 0. The lowest BCUT2D eigenvalue weighted by Gasteiger charge is -2.33. The van der Waals surface area contributed by atoms with E-state index < -0.39 is 0 Å². The van der Waals surface area contributed by atoms with Crippen LogP contribution in [-0.2, 0) is 6.54 Å². The molecule has 1 aliphatic carbocycles. The Bertz CT molecular complexity index is 520. The zero-order valence-electron chi connectivity index (χ0n) is 14.0. The number of piperazine rings is 1. The molecule has 2 N–H and O–H groups in total. The Hall–Kier alpha value is -1.09. The van der Waals surface area contributed by atoms with Crippen LogP contribution in [0.4, 0.5) is 5.82 Å². The van der Waals surface area contributed by atoms with Gasteiger partial charge in [0.05, 0.1) is 6.54 Å². The lowest BCUT2D eigenvalue weighted by molar-refractivity contribution is 0.312. The first-order valence-electron chi connectivity index (χ1n) is 8.04. The predicted molar refractivity (Wildman–Crippen MR) is 105 cm³/mol. The summed E-state index contributed by atoms with van der Waals surface area (Å²) in [5.74, 6) is 1.69. The molecule has 1 saturated carbocycles. The minimum atomic E-state index is 0. The Kier molecular flexibility index (Phi) is 6.46. The Balaban J connectivity index is 0.00000192. The topological polar surface area (TPSA) is 61.0 Å². The second-order valence-corrected chi connectivity index (χ2v) is 6.33. The molecule has 0 amide bonds. The van der Waals surface area contributed by atoms with Crippen LogP contribution in [0.1, 0.15) is 18.4 Å². The molecule has 0 atom stereocenters. The molecule has 128 valence electrons. The minimum Gasteiger partial charge on any atom is -0.370 e. The molecule has 2 fully saturated rings. The summed E-state index contributed by atoms with van der Waals surface area (Å²) in [6, 6.07) is 4.80. The van der Waals surface area contributed by atoms with Crippen molar-refractivity contribution in [3.05, 3.63) is 23.9 Å². The van der Waals surface area contributed by atoms with Gasteiger partial charge in [0.2, 0.25) is 0 Å². The number of nitrogens with two attached hydrogens (primary N) is 1. The van der Waals surface area contributed by atoms with Crippen LogP contribution in [0.5, 0.6) is 0 Å². The number of aliphatic imine (C=N–C) groups is 1. The van der Waals surface area contributed by atoms with Gasteiger partial charge in [0.1, 0.15) is 5.82 Å². The molecule has 2 aliphatic rings. The number of likely N-dealkylation sites (N-methyl/N-ethyl adjacent to an activating group) is 1. The van der Waals surface area contributed by atoms with Crippen LogP contribution in [0, 0.1) is 0 Å². The first kappa shape index (κ1) is 18.3. The summed E-state index contributed by atoms with van der Waals surface area (Å²) in [7, 11) is 4.18. The SMILES string of the molecule is CN1CCN(c2ccc(CN=C(N)N(C)C3CC3)cn2)CC1.I. The summed E-state index contributed by atoms with van der Waals surface area (Å²) in [6.45, 7) is 4.87. The van der Waals surface area contributed by atoms with Gasteiger partial charge in [-0.15, -0.1) is 24.0 Å². The van der Waals surface area contributed by atoms with Crippen LogP contribution in [0.25, 0.3) is 0 Å². The van der Waals surface area contributed by atoms with Gasteiger partial charge in [-0.2, -0.15) is 0 Å². The van der Waals surface area contributed by atoms with Crippen molar-refractivity contribution in [3.63, 3.8) is 0 Å². The third-order valence-corrected chi connectivity index (χ3v) is 4.52. The number of rotatable bonds is 4. The fourth-order valence-corrected chi connectivity index (χ4v) is 2.67. The first-order valence-corrected chi connectivity index (χ1v) is 8.04. The third-order valence-electron chi connectivity index (χ3n) is 4.52. The number of hydrogen-bond donors (Lipinski definition) is 1. The fraction of sp³-hybridized carbons (Fsp3) is 0.625. The highest BCUT2D eigenvalue weighted by Crippen LogP contribution is 2.25. The van der Waals surface area contributed by atoms with Gasteiger partial charge in [0.25, 0.3) is 0 Å². The molecular formula is C16H27IN6. The van der Waals surface area contributed by atoms with Crippen molar-refractivity contribution in [2.45, 2.75) is 25.4 Å². The number of nitrogens with zero attached hydrogens (tertiary/aromatic N) is 5. The predicted octanol–water partition coefficient (Wildman–Crippen LogP) is 1.36. The summed E-state index contributed by atoms with van der Waals surface area (Å²) in [4.78, 5) is 15.8. The molecule has 6 nitrogen and oxygen atoms in total. The maximum Gasteiger partial charge on any atom is 0.191 e. The van der Waals surface area contributed by atoms with Gasteiger partial charge in [0.15, 0.2) is 5.96 Å². The molecule has 2 heterocycles.